The van der Waals surface area contributed by atoms with Gasteiger partial charge in [-0.1, -0.05) is 0 Å². The van der Waals surface area contributed by atoms with Gasteiger partial charge in [-0.05, 0) is 67.8 Å². The first kappa shape index (κ1) is 9.46. The Labute approximate surface area is 100 Å². The van der Waals surface area contributed by atoms with Crippen molar-refractivity contribution in [1.29, 1.82) is 0 Å². The molecule has 0 atom stereocenters. The first-order valence-corrected chi connectivity index (χ1v) is 7.29. The summed E-state index contributed by atoms with van der Waals surface area (Å²) in [6, 6.07) is 0. The van der Waals surface area contributed by atoms with E-state index in [9.17, 15) is 0 Å². The van der Waals surface area contributed by atoms with Crippen molar-refractivity contribution >= 4 is 17.2 Å². The Bertz CT molecular complexity index is 388. The summed E-state index contributed by atoms with van der Waals surface area (Å²) in [4.78, 5) is 0. The molecule has 5 rings (SSSR count). The number of nitrogen functional groups attached to an aromatic ring is 1. The van der Waals surface area contributed by atoms with Gasteiger partial charge in [0, 0.05) is 10.8 Å². The zero-order chi connectivity index (χ0) is 10.8. The molecule has 0 unspecified atom stereocenters. The number of hydrogen-bond acceptors (Lipinski definition) is 3. The summed E-state index contributed by atoms with van der Waals surface area (Å²) >= 11 is 1.54. The lowest BCUT2D eigenvalue weighted by atomic mass is 9.48. The molecule has 16 heavy (non-hydrogen) atoms. The van der Waals surface area contributed by atoms with E-state index < -0.39 is 0 Å². The SMILES string of the molecule is Nc1csnc1C12CC3CC(CC(C3)C1)C2. The average molecular weight is 234 g/mol. The zero-order valence-corrected chi connectivity index (χ0v) is 10.3. The van der Waals surface area contributed by atoms with Crippen LogP contribution in [0, 0.1) is 17.8 Å². The van der Waals surface area contributed by atoms with Crippen LogP contribution in [0.4, 0.5) is 5.69 Å². The van der Waals surface area contributed by atoms with Gasteiger partial charge >= 0.3 is 0 Å². The molecule has 0 radical (unpaired) electrons. The maximum atomic E-state index is 6.11. The fourth-order valence-electron chi connectivity index (χ4n) is 5.05. The van der Waals surface area contributed by atoms with E-state index in [4.69, 9.17) is 5.73 Å². The molecule has 0 saturated heterocycles. The Morgan fingerprint density at radius 1 is 1.12 bits per heavy atom. The van der Waals surface area contributed by atoms with Gasteiger partial charge in [0.15, 0.2) is 0 Å². The second kappa shape index (κ2) is 3.00. The van der Waals surface area contributed by atoms with E-state index in [1.54, 1.807) is 11.5 Å². The van der Waals surface area contributed by atoms with Crippen LogP contribution in [0.3, 0.4) is 0 Å². The quantitative estimate of drug-likeness (QED) is 0.810. The molecule has 4 aliphatic rings. The van der Waals surface area contributed by atoms with Crippen molar-refractivity contribution in [2.75, 3.05) is 5.73 Å². The molecule has 86 valence electrons. The molecular weight excluding hydrogens is 216 g/mol. The predicted molar refractivity (Wildman–Crippen MR) is 66.4 cm³/mol. The molecule has 1 heterocycles. The lowest BCUT2D eigenvalue weighted by molar-refractivity contribution is -0.00640. The Morgan fingerprint density at radius 3 is 2.12 bits per heavy atom. The number of hydrogen-bond donors (Lipinski definition) is 1. The molecule has 2 N–H and O–H groups in total. The van der Waals surface area contributed by atoms with E-state index in [1.807, 2.05) is 5.38 Å². The van der Waals surface area contributed by atoms with Crippen LogP contribution >= 0.6 is 11.5 Å². The third kappa shape index (κ3) is 1.15. The van der Waals surface area contributed by atoms with Crippen molar-refractivity contribution in [2.45, 2.75) is 43.9 Å². The van der Waals surface area contributed by atoms with E-state index >= 15 is 0 Å². The van der Waals surface area contributed by atoms with Gasteiger partial charge in [-0.25, -0.2) is 0 Å². The summed E-state index contributed by atoms with van der Waals surface area (Å²) in [5, 5.41) is 2.02. The van der Waals surface area contributed by atoms with Crippen molar-refractivity contribution in [2.24, 2.45) is 17.8 Å². The monoisotopic (exact) mass is 234 g/mol. The number of anilines is 1. The van der Waals surface area contributed by atoms with E-state index in [-0.39, 0.29) is 0 Å². The minimum atomic E-state index is 0.388. The summed E-state index contributed by atoms with van der Waals surface area (Å²) in [7, 11) is 0. The lowest BCUT2D eigenvalue weighted by Crippen LogP contribution is -2.48. The molecule has 4 saturated carbocycles. The van der Waals surface area contributed by atoms with Crippen LogP contribution in [0.15, 0.2) is 5.38 Å². The highest BCUT2D eigenvalue weighted by molar-refractivity contribution is 7.04. The van der Waals surface area contributed by atoms with Gasteiger partial charge < -0.3 is 5.73 Å². The average Bonchev–Trinajstić information content (AvgIpc) is 2.62. The molecule has 3 heteroatoms. The molecule has 4 fully saturated rings. The maximum Gasteiger partial charge on any atom is 0.0833 e. The Hall–Kier alpha value is -0.570. The van der Waals surface area contributed by atoms with Gasteiger partial charge in [0.1, 0.15) is 0 Å². The van der Waals surface area contributed by atoms with Gasteiger partial charge in [0.25, 0.3) is 0 Å². The first-order chi connectivity index (χ1) is 7.75. The van der Waals surface area contributed by atoms with E-state index in [1.165, 1.54) is 44.2 Å². The second-order valence-electron chi connectivity index (χ2n) is 6.32. The number of aromatic nitrogens is 1. The smallest absolute Gasteiger partial charge is 0.0833 e. The third-order valence-electron chi connectivity index (χ3n) is 5.14. The number of rotatable bonds is 1. The highest BCUT2D eigenvalue weighted by atomic mass is 32.1. The molecular formula is C13H18N2S. The minimum absolute atomic E-state index is 0.388. The summed E-state index contributed by atoms with van der Waals surface area (Å²) in [5.41, 5.74) is 8.72. The molecule has 0 aromatic carbocycles. The summed E-state index contributed by atoms with van der Waals surface area (Å²) in [6.45, 7) is 0. The van der Waals surface area contributed by atoms with Crippen molar-refractivity contribution in [1.82, 2.24) is 4.37 Å². The topological polar surface area (TPSA) is 38.9 Å². The lowest BCUT2D eigenvalue weighted by Gasteiger charge is -2.56. The van der Waals surface area contributed by atoms with E-state index in [0.717, 1.165) is 23.4 Å². The second-order valence-corrected chi connectivity index (χ2v) is 6.95. The summed E-state index contributed by atoms with van der Waals surface area (Å²) < 4.78 is 4.62. The van der Waals surface area contributed by atoms with Crippen LogP contribution in [0.2, 0.25) is 0 Å². The van der Waals surface area contributed by atoms with Crippen molar-refractivity contribution in [3.8, 4) is 0 Å². The molecule has 1 aromatic heterocycles. The molecule has 0 amide bonds. The minimum Gasteiger partial charge on any atom is -0.397 e. The van der Waals surface area contributed by atoms with E-state index in [0.29, 0.717) is 5.41 Å². The van der Waals surface area contributed by atoms with Gasteiger partial charge in [0.05, 0.1) is 11.4 Å². The van der Waals surface area contributed by atoms with Crippen molar-refractivity contribution in [3.05, 3.63) is 11.1 Å². The highest BCUT2D eigenvalue weighted by Crippen LogP contribution is 2.61. The summed E-state index contributed by atoms with van der Waals surface area (Å²) in [6.07, 6.45) is 8.57. The van der Waals surface area contributed by atoms with Crippen LogP contribution in [0.25, 0.3) is 0 Å². The summed E-state index contributed by atoms with van der Waals surface area (Å²) in [5.74, 6) is 2.94. The maximum absolute atomic E-state index is 6.11. The van der Waals surface area contributed by atoms with Crippen LogP contribution in [0.5, 0.6) is 0 Å². The number of nitrogens with zero attached hydrogens (tertiary/aromatic N) is 1. The van der Waals surface area contributed by atoms with Gasteiger partial charge in [-0.15, -0.1) is 0 Å². The molecule has 0 spiro atoms. The Kier molecular flexibility index (Phi) is 1.78. The zero-order valence-electron chi connectivity index (χ0n) is 9.48. The predicted octanol–water partition coefficient (Wildman–Crippen LogP) is 3.19. The Balaban J connectivity index is 1.79. The van der Waals surface area contributed by atoms with Gasteiger partial charge in [0.2, 0.25) is 0 Å². The van der Waals surface area contributed by atoms with Gasteiger partial charge in [-0.3, -0.25) is 0 Å². The first-order valence-electron chi connectivity index (χ1n) is 6.45. The molecule has 1 aromatic rings. The molecule has 0 aliphatic heterocycles. The van der Waals surface area contributed by atoms with Crippen molar-refractivity contribution in [3.63, 3.8) is 0 Å². The number of nitrogens with two attached hydrogens (primary N) is 1. The van der Waals surface area contributed by atoms with Crippen molar-refractivity contribution < 1.29 is 0 Å². The highest BCUT2D eigenvalue weighted by Gasteiger charge is 2.53. The standard InChI is InChI=1S/C13H18N2S/c14-11-7-16-15-12(11)13-4-8-1-9(5-13)3-10(2-8)6-13/h7-10H,1-6,14H2. The molecule has 4 bridgehead atoms. The fourth-order valence-corrected chi connectivity index (χ4v) is 5.73. The van der Waals surface area contributed by atoms with Crippen LogP contribution in [-0.2, 0) is 5.41 Å². The third-order valence-corrected chi connectivity index (χ3v) is 5.78. The Morgan fingerprint density at radius 2 is 1.69 bits per heavy atom. The normalized spacial score (nSPS) is 45.1. The van der Waals surface area contributed by atoms with Crippen LogP contribution in [0.1, 0.15) is 44.2 Å². The van der Waals surface area contributed by atoms with Crippen LogP contribution < -0.4 is 5.73 Å². The largest absolute Gasteiger partial charge is 0.397 e. The van der Waals surface area contributed by atoms with Gasteiger partial charge in [-0.2, -0.15) is 4.37 Å². The fraction of sp³-hybridized carbons (Fsp3) is 0.769. The van der Waals surface area contributed by atoms with Crippen LogP contribution in [-0.4, -0.2) is 4.37 Å². The molecule has 4 aliphatic carbocycles. The van der Waals surface area contributed by atoms with E-state index in [2.05, 4.69) is 4.37 Å². The molecule has 2 nitrogen and oxygen atoms in total.